The molecule has 12 heavy (non-hydrogen) atoms. The van der Waals surface area contributed by atoms with Gasteiger partial charge in [0.15, 0.2) is 12.0 Å². The number of hydrogen-bond acceptors (Lipinski definition) is 4. The molecule has 0 aliphatic heterocycles. The molecule has 2 rings (SSSR count). The molecule has 0 bridgehead atoms. The second kappa shape index (κ2) is 2.34. The second-order valence-corrected chi connectivity index (χ2v) is 2.32. The van der Waals surface area contributed by atoms with E-state index < -0.39 is 5.97 Å². The maximum Gasteiger partial charge on any atom is 0.181 e. The highest BCUT2D eigenvalue weighted by atomic mass is 16.4. The van der Waals surface area contributed by atoms with Crippen molar-refractivity contribution in [2.45, 2.75) is 0 Å². The Morgan fingerprint density at radius 2 is 2.33 bits per heavy atom. The second-order valence-electron chi connectivity index (χ2n) is 2.32. The van der Waals surface area contributed by atoms with Crippen LogP contribution in [0.2, 0.25) is 0 Å². The third-order valence-electron chi connectivity index (χ3n) is 1.57. The SMILES string of the molecule is O=C([O-])c1ccc2ncoc2c1. The van der Waals surface area contributed by atoms with Gasteiger partial charge in [0.25, 0.3) is 0 Å². The molecule has 4 heteroatoms. The molecule has 0 aliphatic rings. The van der Waals surface area contributed by atoms with Crippen LogP contribution in [0.5, 0.6) is 0 Å². The summed E-state index contributed by atoms with van der Waals surface area (Å²) in [5.74, 6) is -1.21. The van der Waals surface area contributed by atoms with Crippen molar-refractivity contribution < 1.29 is 14.3 Å². The first kappa shape index (κ1) is 6.84. The molecule has 0 unspecified atom stereocenters. The van der Waals surface area contributed by atoms with Gasteiger partial charge in [-0.3, -0.25) is 0 Å². The molecule has 0 spiro atoms. The molecular formula is C8H4NO3-. The van der Waals surface area contributed by atoms with Crippen molar-refractivity contribution in [3.63, 3.8) is 0 Å². The Morgan fingerprint density at radius 3 is 3.08 bits per heavy atom. The van der Waals surface area contributed by atoms with Crippen molar-refractivity contribution in [1.29, 1.82) is 0 Å². The van der Waals surface area contributed by atoms with Crippen LogP contribution >= 0.6 is 0 Å². The number of carbonyl (C=O) groups is 1. The molecule has 0 amide bonds. The zero-order chi connectivity index (χ0) is 8.55. The molecule has 1 aromatic heterocycles. The monoisotopic (exact) mass is 162 g/mol. The predicted octanol–water partition coefficient (Wildman–Crippen LogP) is 0.191. The molecule has 1 heterocycles. The van der Waals surface area contributed by atoms with E-state index in [9.17, 15) is 9.90 Å². The summed E-state index contributed by atoms with van der Waals surface area (Å²) >= 11 is 0. The van der Waals surface area contributed by atoms with Crippen LogP contribution in [0.25, 0.3) is 11.1 Å². The number of nitrogens with zero attached hydrogens (tertiary/aromatic N) is 1. The van der Waals surface area contributed by atoms with Gasteiger partial charge in [-0.2, -0.15) is 0 Å². The minimum atomic E-state index is -1.21. The van der Waals surface area contributed by atoms with E-state index in [-0.39, 0.29) is 5.56 Å². The lowest BCUT2D eigenvalue weighted by molar-refractivity contribution is -0.255. The Labute approximate surface area is 67.4 Å². The number of fused-ring (bicyclic) bond motifs is 1. The molecular weight excluding hydrogens is 158 g/mol. The maximum atomic E-state index is 10.4. The average molecular weight is 162 g/mol. The summed E-state index contributed by atoms with van der Waals surface area (Å²) in [6.07, 6.45) is 1.27. The van der Waals surface area contributed by atoms with E-state index in [1.807, 2.05) is 0 Å². The van der Waals surface area contributed by atoms with E-state index in [0.29, 0.717) is 11.1 Å². The molecule has 0 saturated heterocycles. The van der Waals surface area contributed by atoms with E-state index >= 15 is 0 Å². The number of carboxylic acids is 1. The predicted molar refractivity (Wildman–Crippen MR) is 38.3 cm³/mol. The fourth-order valence-corrected chi connectivity index (χ4v) is 0.982. The van der Waals surface area contributed by atoms with E-state index in [1.165, 1.54) is 18.5 Å². The summed E-state index contributed by atoms with van der Waals surface area (Å²) in [5.41, 5.74) is 1.19. The van der Waals surface area contributed by atoms with E-state index in [0.717, 1.165) is 0 Å². The van der Waals surface area contributed by atoms with Gasteiger partial charge < -0.3 is 14.3 Å². The molecule has 60 valence electrons. The fraction of sp³-hybridized carbons (Fsp3) is 0. The van der Waals surface area contributed by atoms with Crippen molar-refractivity contribution in [2.75, 3.05) is 0 Å². The van der Waals surface area contributed by atoms with Crippen LogP contribution in [0.1, 0.15) is 10.4 Å². The Morgan fingerprint density at radius 1 is 1.50 bits per heavy atom. The lowest BCUT2D eigenvalue weighted by Crippen LogP contribution is -2.21. The molecule has 0 aliphatic carbocycles. The van der Waals surface area contributed by atoms with Gasteiger partial charge in [-0.05, 0) is 12.1 Å². The summed E-state index contributed by atoms with van der Waals surface area (Å²) in [6, 6.07) is 4.39. The Kier molecular flexibility index (Phi) is 1.33. The van der Waals surface area contributed by atoms with Crippen LogP contribution < -0.4 is 5.11 Å². The number of hydrogen-bond donors (Lipinski definition) is 0. The standard InChI is InChI=1S/C8H5NO3/c10-8(11)5-1-2-6-7(3-5)12-4-9-6/h1-4H,(H,10,11)/p-1. The van der Waals surface area contributed by atoms with Crippen LogP contribution in [-0.2, 0) is 0 Å². The molecule has 0 N–H and O–H groups in total. The van der Waals surface area contributed by atoms with Crippen LogP contribution in [0.3, 0.4) is 0 Å². The van der Waals surface area contributed by atoms with Crippen molar-refractivity contribution in [2.24, 2.45) is 0 Å². The van der Waals surface area contributed by atoms with Crippen LogP contribution in [0.15, 0.2) is 29.0 Å². The summed E-state index contributed by atoms with van der Waals surface area (Å²) < 4.78 is 4.91. The van der Waals surface area contributed by atoms with Crippen LogP contribution in [0, 0.1) is 0 Å². The number of carbonyl (C=O) groups excluding carboxylic acids is 1. The average Bonchev–Trinajstić information content (AvgIpc) is 2.49. The maximum absolute atomic E-state index is 10.4. The molecule has 1 aromatic carbocycles. The quantitative estimate of drug-likeness (QED) is 0.600. The van der Waals surface area contributed by atoms with E-state index in [1.54, 1.807) is 6.07 Å². The number of carboxylic acid groups (broad SMARTS) is 1. The Balaban J connectivity index is 2.68. The van der Waals surface area contributed by atoms with Crippen molar-refractivity contribution in [1.82, 2.24) is 4.98 Å². The molecule has 0 atom stereocenters. The smallest absolute Gasteiger partial charge is 0.181 e. The minimum Gasteiger partial charge on any atom is -0.545 e. The largest absolute Gasteiger partial charge is 0.545 e. The van der Waals surface area contributed by atoms with Gasteiger partial charge in [-0.1, -0.05) is 6.07 Å². The summed E-state index contributed by atoms with van der Waals surface area (Å²) in [7, 11) is 0. The van der Waals surface area contributed by atoms with Gasteiger partial charge in [0.1, 0.15) is 5.52 Å². The van der Waals surface area contributed by atoms with Crippen LogP contribution in [0.4, 0.5) is 0 Å². The van der Waals surface area contributed by atoms with Crippen molar-refractivity contribution in [3.8, 4) is 0 Å². The van der Waals surface area contributed by atoms with Gasteiger partial charge in [0, 0.05) is 5.56 Å². The highest BCUT2D eigenvalue weighted by molar-refractivity contribution is 5.90. The zero-order valence-corrected chi connectivity index (χ0v) is 5.98. The molecule has 0 fully saturated rings. The third-order valence-corrected chi connectivity index (χ3v) is 1.57. The number of aromatic nitrogens is 1. The molecule has 0 radical (unpaired) electrons. The number of oxazole rings is 1. The summed E-state index contributed by atoms with van der Waals surface area (Å²) in [4.78, 5) is 14.2. The van der Waals surface area contributed by atoms with Crippen LogP contribution in [-0.4, -0.2) is 11.0 Å². The number of benzene rings is 1. The first-order valence-corrected chi connectivity index (χ1v) is 3.32. The molecule has 4 nitrogen and oxygen atoms in total. The molecule has 0 saturated carbocycles. The fourth-order valence-electron chi connectivity index (χ4n) is 0.982. The molecule has 2 aromatic rings. The highest BCUT2D eigenvalue weighted by Crippen LogP contribution is 2.13. The van der Waals surface area contributed by atoms with Gasteiger partial charge in [-0.15, -0.1) is 0 Å². The minimum absolute atomic E-state index is 0.0965. The number of rotatable bonds is 1. The van der Waals surface area contributed by atoms with E-state index in [4.69, 9.17) is 4.42 Å². The summed E-state index contributed by atoms with van der Waals surface area (Å²) in [6.45, 7) is 0. The highest BCUT2D eigenvalue weighted by Gasteiger charge is 1.99. The zero-order valence-electron chi connectivity index (χ0n) is 5.98. The topological polar surface area (TPSA) is 66.2 Å². The van der Waals surface area contributed by atoms with Gasteiger partial charge in [-0.25, -0.2) is 4.98 Å². The van der Waals surface area contributed by atoms with E-state index in [2.05, 4.69) is 4.98 Å². The van der Waals surface area contributed by atoms with Gasteiger partial charge in [0.2, 0.25) is 0 Å². The van der Waals surface area contributed by atoms with Crippen molar-refractivity contribution in [3.05, 3.63) is 30.2 Å². The Hall–Kier alpha value is -1.84. The first-order chi connectivity index (χ1) is 5.77. The lowest BCUT2D eigenvalue weighted by atomic mass is 10.2. The summed E-state index contributed by atoms with van der Waals surface area (Å²) in [5, 5.41) is 10.4. The van der Waals surface area contributed by atoms with Gasteiger partial charge >= 0.3 is 0 Å². The third kappa shape index (κ3) is 0.934. The number of aromatic carboxylic acids is 1. The Bertz CT molecular complexity index is 433. The van der Waals surface area contributed by atoms with Crippen molar-refractivity contribution >= 4 is 17.1 Å². The normalized spacial score (nSPS) is 10.3. The lowest BCUT2D eigenvalue weighted by Gasteiger charge is -1.99. The first-order valence-electron chi connectivity index (χ1n) is 3.32. The van der Waals surface area contributed by atoms with Gasteiger partial charge in [0.05, 0.1) is 5.97 Å².